The van der Waals surface area contributed by atoms with Gasteiger partial charge in [-0.15, -0.1) is 0 Å². The third-order valence-electron chi connectivity index (χ3n) is 3.22. The number of unbranched alkanes of at least 4 members (excludes halogenated alkanes) is 2. The summed E-state index contributed by atoms with van der Waals surface area (Å²) in [5.41, 5.74) is 13.4. The molecule has 1 amide bonds. The Bertz CT molecular complexity index is 410. The largest absolute Gasteiger partial charge is 0.397 e. The summed E-state index contributed by atoms with van der Waals surface area (Å²) in [6.07, 6.45) is 4.59. The van der Waals surface area contributed by atoms with Crippen molar-refractivity contribution in [2.45, 2.75) is 39.5 Å². The molecule has 0 saturated heterocycles. The summed E-state index contributed by atoms with van der Waals surface area (Å²) in [5.74, 6) is -0.438. The Morgan fingerprint density at radius 1 is 1.16 bits per heavy atom. The van der Waals surface area contributed by atoms with Gasteiger partial charge in [0.1, 0.15) is 0 Å². The van der Waals surface area contributed by atoms with Crippen molar-refractivity contribution in [1.29, 1.82) is 0 Å². The Labute approximate surface area is 115 Å². The van der Waals surface area contributed by atoms with Gasteiger partial charge in [0.05, 0.1) is 11.4 Å². The van der Waals surface area contributed by atoms with Crippen LogP contribution in [-0.4, -0.2) is 19.0 Å². The van der Waals surface area contributed by atoms with E-state index in [0.29, 0.717) is 11.3 Å². The van der Waals surface area contributed by atoms with Crippen LogP contribution in [0.15, 0.2) is 18.2 Å². The first-order valence-electron chi connectivity index (χ1n) is 7.04. The van der Waals surface area contributed by atoms with Gasteiger partial charge < -0.3 is 16.4 Å². The number of nitrogen functional groups attached to an aromatic ring is 1. The summed E-state index contributed by atoms with van der Waals surface area (Å²) in [6.45, 7) is 6.35. The highest BCUT2D eigenvalue weighted by Crippen LogP contribution is 2.25. The van der Waals surface area contributed by atoms with Crippen LogP contribution in [0.2, 0.25) is 0 Å². The SMILES string of the molecule is CCCCN(CCCC)c1ccc(C(N)=O)cc1N. The Hall–Kier alpha value is -1.71. The average Bonchev–Trinajstić information content (AvgIpc) is 2.39. The molecule has 0 saturated carbocycles. The standard InChI is InChI=1S/C15H25N3O/c1-3-5-9-18(10-6-4-2)14-8-7-12(15(17)19)11-13(14)16/h7-8,11H,3-6,9-10,16H2,1-2H3,(H2,17,19). The van der Waals surface area contributed by atoms with E-state index in [4.69, 9.17) is 11.5 Å². The number of nitrogens with zero attached hydrogens (tertiary/aromatic N) is 1. The Morgan fingerprint density at radius 2 is 1.74 bits per heavy atom. The Kier molecular flexibility index (Phi) is 6.19. The number of primary amides is 1. The first-order chi connectivity index (χ1) is 9.10. The highest BCUT2D eigenvalue weighted by atomic mass is 16.1. The van der Waals surface area contributed by atoms with Crippen LogP contribution >= 0.6 is 0 Å². The summed E-state index contributed by atoms with van der Waals surface area (Å²) in [7, 11) is 0. The molecule has 0 aliphatic heterocycles. The van der Waals surface area contributed by atoms with Gasteiger partial charge in [0.25, 0.3) is 0 Å². The lowest BCUT2D eigenvalue weighted by Gasteiger charge is -2.26. The minimum absolute atomic E-state index is 0.438. The van der Waals surface area contributed by atoms with E-state index in [-0.39, 0.29) is 0 Å². The zero-order valence-corrected chi connectivity index (χ0v) is 12.0. The molecule has 0 atom stereocenters. The van der Waals surface area contributed by atoms with Crippen LogP contribution in [0.4, 0.5) is 11.4 Å². The summed E-state index contributed by atoms with van der Waals surface area (Å²) >= 11 is 0. The number of rotatable bonds is 8. The van der Waals surface area contributed by atoms with E-state index in [1.54, 1.807) is 12.1 Å². The van der Waals surface area contributed by atoms with Crippen LogP contribution in [0.3, 0.4) is 0 Å². The van der Waals surface area contributed by atoms with Gasteiger partial charge in [0, 0.05) is 18.7 Å². The molecule has 4 N–H and O–H groups in total. The minimum atomic E-state index is -0.438. The summed E-state index contributed by atoms with van der Waals surface area (Å²) in [5, 5.41) is 0. The lowest BCUT2D eigenvalue weighted by atomic mass is 10.1. The fourth-order valence-corrected chi connectivity index (χ4v) is 2.05. The van der Waals surface area contributed by atoms with Crippen LogP contribution in [-0.2, 0) is 0 Å². The monoisotopic (exact) mass is 263 g/mol. The van der Waals surface area contributed by atoms with Crippen molar-refractivity contribution in [1.82, 2.24) is 0 Å². The number of benzene rings is 1. The van der Waals surface area contributed by atoms with Gasteiger partial charge >= 0.3 is 0 Å². The van der Waals surface area contributed by atoms with Gasteiger partial charge in [-0.2, -0.15) is 0 Å². The number of hydrogen-bond acceptors (Lipinski definition) is 3. The molecule has 4 heteroatoms. The van der Waals surface area contributed by atoms with E-state index in [0.717, 1.165) is 44.5 Å². The Balaban J connectivity index is 2.90. The normalized spacial score (nSPS) is 10.4. The van der Waals surface area contributed by atoms with Crippen LogP contribution in [0.25, 0.3) is 0 Å². The van der Waals surface area contributed by atoms with Gasteiger partial charge in [-0.25, -0.2) is 0 Å². The zero-order chi connectivity index (χ0) is 14.3. The second-order valence-electron chi connectivity index (χ2n) is 4.83. The minimum Gasteiger partial charge on any atom is -0.397 e. The van der Waals surface area contributed by atoms with Crippen molar-refractivity contribution in [3.05, 3.63) is 23.8 Å². The Morgan fingerprint density at radius 3 is 2.16 bits per heavy atom. The summed E-state index contributed by atoms with van der Waals surface area (Å²) in [4.78, 5) is 13.4. The lowest BCUT2D eigenvalue weighted by Crippen LogP contribution is -2.26. The number of hydrogen-bond donors (Lipinski definition) is 2. The highest BCUT2D eigenvalue weighted by Gasteiger charge is 2.11. The number of anilines is 2. The first-order valence-corrected chi connectivity index (χ1v) is 7.04. The molecule has 0 spiro atoms. The molecule has 0 radical (unpaired) electrons. The van der Waals surface area contributed by atoms with Gasteiger partial charge in [0.2, 0.25) is 5.91 Å². The van der Waals surface area contributed by atoms with Crippen molar-refractivity contribution >= 4 is 17.3 Å². The predicted octanol–water partition coefficient (Wildman–Crippen LogP) is 2.77. The second-order valence-corrected chi connectivity index (χ2v) is 4.83. The summed E-state index contributed by atoms with van der Waals surface area (Å²) in [6, 6.07) is 5.32. The smallest absolute Gasteiger partial charge is 0.248 e. The fourth-order valence-electron chi connectivity index (χ4n) is 2.05. The van der Waals surface area contributed by atoms with Crippen LogP contribution in [0.5, 0.6) is 0 Å². The number of nitrogens with two attached hydrogens (primary N) is 2. The van der Waals surface area contributed by atoms with E-state index in [2.05, 4.69) is 18.7 Å². The number of amides is 1. The number of carbonyl (C=O) groups is 1. The van der Waals surface area contributed by atoms with Gasteiger partial charge in [-0.1, -0.05) is 26.7 Å². The van der Waals surface area contributed by atoms with Crippen molar-refractivity contribution in [3.8, 4) is 0 Å². The molecule has 0 heterocycles. The van der Waals surface area contributed by atoms with Crippen molar-refractivity contribution in [2.24, 2.45) is 5.73 Å². The van der Waals surface area contributed by atoms with Crippen LogP contribution in [0.1, 0.15) is 49.9 Å². The molecule has 106 valence electrons. The molecule has 19 heavy (non-hydrogen) atoms. The van der Waals surface area contributed by atoms with Crippen molar-refractivity contribution in [3.63, 3.8) is 0 Å². The maximum atomic E-state index is 11.1. The zero-order valence-electron chi connectivity index (χ0n) is 12.0. The fraction of sp³-hybridized carbons (Fsp3) is 0.533. The molecule has 4 nitrogen and oxygen atoms in total. The van der Waals surface area contributed by atoms with E-state index in [1.807, 2.05) is 6.07 Å². The second kappa shape index (κ2) is 7.67. The van der Waals surface area contributed by atoms with E-state index in [9.17, 15) is 4.79 Å². The van der Waals surface area contributed by atoms with Gasteiger partial charge in [-0.05, 0) is 31.0 Å². The third-order valence-corrected chi connectivity index (χ3v) is 3.22. The molecule has 0 aliphatic carbocycles. The molecule has 0 aromatic heterocycles. The number of carbonyl (C=O) groups excluding carboxylic acids is 1. The van der Waals surface area contributed by atoms with Gasteiger partial charge in [-0.3, -0.25) is 4.79 Å². The van der Waals surface area contributed by atoms with Crippen molar-refractivity contribution < 1.29 is 4.79 Å². The highest BCUT2D eigenvalue weighted by molar-refractivity contribution is 5.94. The van der Waals surface area contributed by atoms with E-state index < -0.39 is 5.91 Å². The first kappa shape index (κ1) is 15.3. The van der Waals surface area contributed by atoms with Crippen molar-refractivity contribution in [2.75, 3.05) is 23.7 Å². The molecule has 0 fully saturated rings. The van der Waals surface area contributed by atoms with Crippen LogP contribution < -0.4 is 16.4 Å². The maximum absolute atomic E-state index is 11.1. The van der Waals surface area contributed by atoms with Gasteiger partial charge in [0.15, 0.2) is 0 Å². The molecular weight excluding hydrogens is 238 g/mol. The quantitative estimate of drug-likeness (QED) is 0.708. The van der Waals surface area contributed by atoms with Crippen LogP contribution in [0, 0.1) is 0 Å². The molecule has 1 aromatic rings. The predicted molar refractivity (Wildman–Crippen MR) is 81.4 cm³/mol. The molecular formula is C15H25N3O. The molecule has 0 bridgehead atoms. The molecule has 1 rings (SSSR count). The molecule has 0 unspecified atom stereocenters. The topological polar surface area (TPSA) is 72.3 Å². The molecule has 0 aliphatic rings. The molecule has 1 aromatic carbocycles. The average molecular weight is 263 g/mol. The summed E-state index contributed by atoms with van der Waals surface area (Å²) < 4.78 is 0. The lowest BCUT2D eigenvalue weighted by molar-refractivity contribution is 0.100. The van der Waals surface area contributed by atoms with E-state index in [1.165, 1.54) is 0 Å². The van der Waals surface area contributed by atoms with E-state index >= 15 is 0 Å². The third kappa shape index (κ3) is 4.47. The maximum Gasteiger partial charge on any atom is 0.248 e.